The second-order valence-electron chi connectivity index (χ2n) is 3.56. The van der Waals surface area contributed by atoms with Crippen LogP contribution in [0.2, 0.25) is 0 Å². The zero-order chi connectivity index (χ0) is 10.0. The highest BCUT2D eigenvalue weighted by Gasteiger charge is 2.37. The number of nitrogens with one attached hydrogen (secondary N) is 1. The van der Waals surface area contributed by atoms with Crippen LogP contribution in [-0.2, 0) is 4.79 Å². The van der Waals surface area contributed by atoms with Crippen molar-refractivity contribution in [3.63, 3.8) is 0 Å². The molecule has 0 saturated heterocycles. The molecule has 0 spiro atoms. The van der Waals surface area contributed by atoms with Crippen LogP contribution in [-0.4, -0.2) is 21.6 Å². The Bertz CT molecular complexity index is 323. The molecule has 2 rings (SSSR count). The van der Waals surface area contributed by atoms with Crippen molar-refractivity contribution in [2.75, 3.05) is 5.32 Å². The van der Waals surface area contributed by atoms with Gasteiger partial charge in [0.15, 0.2) is 0 Å². The minimum absolute atomic E-state index is 0. The fourth-order valence-corrected chi connectivity index (χ4v) is 2.12. The first kappa shape index (κ1) is 12.4. The molecule has 3 N–H and O–H groups in total. The monoisotopic (exact) mass is 248 g/mol. The normalized spacial score (nSPS) is 18.2. The first-order valence-electron chi connectivity index (χ1n) is 4.57. The van der Waals surface area contributed by atoms with Crippen LogP contribution in [0.3, 0.4) is 0 Å². The summed E-state index contributed by atoms with van der Waals surface area (Å²) in [5, 5.41) is 10.6. The molecule has 0 bridgehead atoms. The number of nitrogens with zero attached hydrogens (tertiary/aromatic N) is 2. The number of aromatic nitrogens is 2. The van der Waals surface area contributed by atoms with Gasteiger partial charge in [-0.25, -0.2) is 0 Å². The Morgan fingerprint density at radius 1 is 1.53 bits per heavy atom. The van der Waals surface area contributed by atoms with E-state index >= 15 is 0 Å². The molecule has 1 aromatic rings. The highest BCUT2D eigenvalue weighted by atomic mass is 35.5. The molecule has 84 valence electrons. The molecule has 1 fully saturated rings. The summed E-state index contributed by atoms with van der Waals surface area (Å²) in [5.41, 5.74) is 6.85. The zero-order valence-corrected chi connectivity index (χ0v) is 9.74. The van der Waals surface area contributed by atoms with E-state index in [9.17, 15) is 4.79 Å². The van der Waals surface area contributed by atoms with Crippen LogP contribution in [0.15, 0.2) is 5.51 Å². The summed E-state index contributed by atoms with van der Waals surface area (Å²) < 4.78 is 0. The number of rotatable bonds is 2. The van der Waals surface area contributed by atoms with E-state index in [2.05, 4.69) is 15.5 Å². The summed E-state index contributed by atoms with van der Waals surface area (Å²) in [6.07, 6.45) is 3.58. The summed E-state index contributed by atoms with van der Waals surface area (Å²) >= 11 is 1.30. The maximum atomic E-state index is 11.7. The molecule has 1 aliphatic rings. The second kappa shape index (κ2) is 4.87. The number of carbonyl (C=O) groups is 1. The molecule has 7 heteroatoms. The van der Waals surface area contributed by atoms with Gasteiger partial charge >= 0.3 is 0 Å². The average molecular weight is 249 g/mol. The van der Waals surface area contributed by atoms with Crippen LogP contribution in [0.4, 0.5) is 5.13 Å². The van der Waals surface area contributed by atoms with Crippen molar-refractivity contribution in [3.05, 3.63) is 5.51 Å². The molecule has 1 aromatic heterocycles. The number of nitrogens with two attached hydrogens (primary N) is 1. The summed E-state index contributed by atoms with van der Waals surface area (Å²) in [7, 11) is 0. The first-order chi connectivity index (χ1) is 6.71. The standard InChI is InChI=1S/C8H12N4OS.ClH/c9-8(3-1-2-4-8)6(13)11-7-12-10-5-14-7;/h5H,1-4,9H2,(H,11,12,13);1H. The van der Waals surface area contributed by atoms with E-state index in [1.165, 1.54) is 11.3 Å². The third kappa shape index (κ3) is 2.64. The average Bonchev–Trinajstić information content (AvgIpc) is 2.76. The van der Waals surface area contributed by atoms with Gasteiger partial charge in [0.05, 0.1) is 5.54 Å². The molecular formula is C8H13ClN4OS. The van der Waals surface area contributed by atoms with Crippen molar-refractivity contribution >= 4 is 34.8 Å². The number of halogens is 1. The fraction of sp³-hybridized carbons (Fsp3) is 0.625. The number of carbonyl (C=O) groups excluding carboxylic acids is 1. The van der Waals surface area contributed by atoms with E-state index in [1.807, 2.05) is 0 Å². The van der Waals surface area contributed by atoms with Gasteiger partial charge < -0.3 is 5.73 Å². The number of amides is 1. The minimum atomic E-state index is -0.689. The quantitative estimate of drug-likeness (QED) is 0.823. The predicted molar refractivity (Wildman–Crippen MR) is 61.2 cm³/mol. The Morgan fingerprint density at radius 2 is 2.20 bits per heavy atom. The lowest BCUT2D eigenvalue weighted by Gasteiger charge is -2.20. The van der Waals surface area contributed by atoms with Crippen LogP contribution in [0.1, 0.15) is 25.7 Å². The van der Waals surface area contributed by atoms with Gasteiger partial charge in [0, 0.05) is 0 Å². The Hall–Kier alpha value is -0.720. The molecule has 0 aliphatic heterocycles. The SMILES string of the molecule is Cl.NC1(C(=O)Nc2nncs2)CCCC1. The van der Waals surface area contributed by atoms with Gasteiger partial charge in [-0.3, -0.25) is 10.1 Å². The maximum Gasteiger partial charge on any atom is 0.246 e. The molecule has 0 unspecified atom stereocenters. The zero-order valence-electron chi connectivity index (χ0n) is 8.10. The van der Waals surface area contributed by atoms with Crippen molar-refractivity contribution < 1.29 is 4.79 Å². The van der Waals surface area contributed by atoms with E-state index in [1.54, 1.807) is 5.51 Å². The van der Waals surface area contributed by atoms with Crippen LogP contribution in [0.5, 0.6) is 0 Å². The van der Waals surface area contributed by atoms with E-state index in [0.29, 0.717) is 5.13 Å². The molecule has 0 radical (unpaired) electrons. The van der Waals surface area contributed by atoms with Gasteiger partial charge in [-0.2, -0.15) is 0 Å². The summed E-state index contributed by atoms with van der Waals surface area (Å²) in [6, 6.07) is 0. The van der Waals surface area contributed by atoms with Crippen LogP contribution in [0.25, 0.3) is 0 Å². The van der Waals surface area contributed by atoms with Crippen molar-refractivity contribution in [2.24, 2.45) is 5.73 Å². The predicted octanol–water partition coefficient (Wildman–Crippen LogP) is 1.17. The van der Waals surface area contributed by atoms with Gasteiger partial charge in [-0.15, -0.1) is 22.6 Å². The highest BCUT2D eigenvalue weighted by molar-refractivity contribution is 7.13. The third-order valence-corrected chi connectivity index (χ3v) is 3.14. The van der Waals surface area contributed by atoms with Gasteiger partial charge in [0.25, 0.3) is 0 Å². The Labute approximate surface area is 97.9 Å². The summed E-state index contributed by atoms with van der Waals surface area (Å²) in [4.78, 5) is 11.7. The first-order valence-corrected chi connectivity index (χ1v) is 5.45. The molecule has 5 nitrogen and oxygen atoms in total. The number of hydrogen-bond donors (Lipinski definition) is 2. The Balaban J connectivity index is 0.00000112. The van der Waals surface area contributed by atoms with Gasteiger partial charge in [-0.05, 0) is 12.8 Å². The largest absolute Gasteiger partial charge is 0.317 e. The lowest BCUT2D eigenvalue weighted by Crippen LogP contribution is -2.48. The third-order valence-electron chi connectivity index (χ3n) is 2.53. The van der Waals surface area contributed by atoms with Crippen molar-refractivity contribution in [3.8, 4) is 0 Å². The van der Waals surface area contributed by atoms with E-state index < -0.39 is 5.54 Å². The van der Waals surface area contributed by atoms with E-state index in [4.69, 9.17) is 5.73 Å². The molecule has 1 amide bonds. The van der Waals surface area contributed by atoms with Crippen LogP contribution >= 0.6 is 23.7 Å². The lowest BCUT2D eigenvalue weighted by molar-refractivity contribution is -0.121. The smallest absolute Gasteiger partial charge is 0.246 e. The van der Waals surface area contributed by atoms with Crippen LogP contribution in [0, 0.1) is 0 Å². The second-order valence-corrected chi connectivity index (χ2v) is 4.39. The number of anilines is 1. The van der Waals surface area contributed by atoms with Crippen molar-refractivity contribution in [2.45, 2.75) is 31.2 Å². The topological polar surface area (TPSA) is 80.9 Å². The maximum absolute atomic E-state index is 11.7. The minimum Gasteiger partial charge on any atom is -0.317 e. The van der Waals surface area contributed by atoms with Crippen LogP contribution < -0.4 is 11.1 Å². The van der Waals surface area contributed by atoms with Crippen molar-refractivity contribution in [1.82, 2.24) is 10.2 Å². The molecule has 1 heterocycles. The molecular weight excluding hydrogens is 236 g/mol. The lowest BCUT2D eigenvalue weighted by atomic mass is 9.98. The van der Waals surface area contributed by atoms with Gasteiger partial charge in [-0.1, -0.05) is 24.2 Å². The Morgan fingerprint density at radius 3 is 2.73 bits per heavy atom. The summed E-state index contributed by atoms with van der Waals surface area (Å²) in [6.45, 7) is 0. The van der Waals surface area contributed by atoms with E-state index in [0.717, 1.165) is 25.7 Å². The van der Waals surface area contributed by atoms with Crippen molar-refractivity contribution in [1.29, 1.82) is 0 Å². The molecule has 15 heavy (non-hydrogen) atoms. The van der Waals surface area contributed by atoms with Gasteiger partial charge in [0.2, 0.25) is 11.0 Å². The summed E-state index contributed by atoms with van der Waals surface area (Å²) in [5.74, 6) is -0.133. The number of hydrogen-bond acceptors (Lipinski definition) is 5. The van der Waals surface area contributed by atoms with E-state index in [-0.39, 0.29) is 18.3 Å². The fourth-order valence-electron chi connectivity index (χ4n) is 1.68. The Kier molecular flexibility index (Phi) is 4.01. The molecule has 0 aromatic carbocycles. The molecule has 1 saturated carbocycles. The molecule has 0 atom stereocenters. The highest BCUT2D eigenvalue weighted by Crippen LogP contribution is 2.28. The molecule has 1 aliphatic carbocycles. The van der Waals surface area contributed by atoms with Gasteiger partial charge in [0.1, 0.15) is 5.51 Å².